The van der Waals surface area contributed by atoms with Crippen molar-refractivity contribution in [2.75, 3.05) is 6.61 Å². The first-order chi connectivity index (χ1) is 9.40. The lowest BCUT2D eigenvalue weighted by molar-refractivity contribution is -0.385. The van der Waals surface area contributed by atoms with Crippen LogP contribution in [0, 0.1) is 10.1 Å². The Kier molecular flexibility index (Phi) is 5.64. The number of rotatable bonds is 6. The SMILES string of the molecule is CC(=O)NC(COC(C)=O)Cc1ccccc1[N+](=O)[O-]. The molecule has 0 spiro atoms. The minimum Gasteiger partial charge on any atom is -0.464 e. The Morgan fingerprint density at radius 2 is 2.00 bits per heavy atom. The number of nitro benzene ring substituents is 1. The van der Waals surface area contributed by atoms with Gasteiger partial charge < -0.3 is 10.1 Å². The fourth-order valence-electron chi connectivity index (χ4n) is 1.78. The van der Waals surface area contributed by atoms with Crippen molar-refractivity contribution < 1.29 is 19.2 Å². The Hall–Kier alpha value is -2.44. The molecular weight excluding hydrogens is 264 g/mol. The summed E-state index contributed by atoms with van der Waals surface area (Å²) in [5, 5.41) is 13.5. The lowest BCUT2D eigenvalue weighted by Crippen LogP contribution is -2.39. The number of hydrogen-bond donors (Lipinski definition) is 1. The van der Waals surface area contributed by atoms with Crippen LogP contribution in [0.1, 0.15) is 19.4 Å². The van der Waals surface area contributed by atoms with E-state index in [9.17, 15) is 19.7 Å². The van der Waals surface area contributed by atoms with Crippen molar-refractivity contribution in [3.05, 3.63) is 39.9 Å². The van der Waals surface area contributed by atoms with Crippen LogP contribution < -0.4 is 5.32 Å². The van der Waals surface area contributed by atoms with Gasteiger partial charge in [-0.1, -0.05) is 18.2 Å². The topological polar surface area (TPSA) is 98.5 Å². The van der Waals surface area contributed by atoms with Crippen molar-refractivity contribution in [2.45, 2.75) is 26.3 Å². The van der Waals surface area contributed by atoms with Gasteiger partial charge in [-0.3, -0.25) is 19.7 Å². The molecule has 1 N–H and O–H groups in total. The first-order valence-electron chi connectivity index (χ1n) is 6.03. The normalized spacial score (nSPS) is 11.5. The monoisotopic (exact) mass is 280 g/mol. The van der Waals surface area contributed by atoms with Crippen LogP contribution in [-0.4, -0.2) is 29.4 Å². The Labute approximate surface area is 116 Å². The molecule has 0 radical (unpaired) electrons. The van der Waals surface area contributed by atoms with Crippen LogP contribution in [0.3, 0.4) is 0 Å². The van der Waals surface area contributed by atoms with Gasteiger partial charge in [0.2, 0.25) is 5.91 Å². The molecule has 0 saturated carbocycles. The third-order valence-corrected chi connectivity index (χ3v) is 2.55. The Morgan fingerprint density at radius 1 is 1.35 bits per heavy atom. The molecule has 0 aliphatic rings. The van der Waals surface area contributed by atoms with E-state index in [1.807, 2.05) is 0 Å². The number of hydrogen-bond acceptors (Lipinski definition) is 5. The van der Waals surface area contributed by atoms with Gasteiger partial charge in [0.15, 0.2) is 0 Å². The Balaban J connectivity index is 2.85. The molecule has 1 amide bonds. The summed E-state index contributed by atoms with van der Waals surface area (Å²) in [4.78, 5) is 32.4. The number of para-hydroxylation sites is 1. The molecule has 20 heavy (non-hydrogen) atoms. The highest BCUT2D eigenvalue weighted by atomic mass is 16.6. The smallest absolute Gasteiger partial charge is 0.302 e. The van der Waals surface area contributed by atoms with Crippen molar-refractivity contribution in [3.8, 4) is 0 Å². The number of esters is 1. The van der Waals surface area contributed by atoms with Crippen LogP contribution in [0.25, 0.3) is 0 Å². The van der Waals surface area contributed by atoms with Crippen molar-refractivity contribution in [3.63, 3.8) is 0 Å². The highest BCUT2D eigenvalue weighted by molar-refractivity contribution is 5.73. The second kappa shape index (κ2) is 7.22. The van der Waals surface area contributed by atoms with Gasteiger partial charge in [-0.05, 0) is 0 Å². The standard InChI is InChI=1S/C13H16N2O5/c1-9(16)14-12(8-20-10(2)17)7-11-5-3-4-6-13(11)15(18)19/h3-6,12H,7-8H2,1-2H3,(H,14,16). The minimum atomic E-state index is -0.502. The highest BCUT2D eigenvalue weighted by Gasteiger charge is 2.19. The second-order valence-corrected chi connectivity index (χ2v) is 4.29. The maximum atomic E-state index is 11.1. The molecule has 1 aromatic carbocycles. The molecule has 1 atom stereocenters. The van der Waals surface area contributed by atoms with Crippen molar-refractivity contribution in [1.82, 2.24) is 5.32 Å². The van der Waals surface area contributed by atoms with Gasteiger partial charge in [0.05, 0.1) is 11.0 Å². The summed E-state index contributed by atoms with van der Waals surface area (Å²) in [6, 6.07) is 5.75. The fourth-order valence-corrected chi connectivity index (χ4v) is 1.78. The number of nitro groups is 1. The summed E-state index contributed by atoms with van der Waals surface area (Å²) < 4.78 is 4.85. The molecule has 1 aromatic rings. The Morgan fingerprint density at radius 3 is 2.55 bits per heavy atom. The van der Waals surface area contributed by atoms with E-state index in [-0.39, 0.29) is 24.6 Å². The maximum absolute atomic E-state index is 11.1. The summed E-state index contributed by atoms with van der Waals surface area (Å²) in [5.41, 5.74) is 0.453. The van der Waals surface area contributed by atoms with Gasteiger partial charge in [0, 0.05) is 31.9 Å². The fraction of sp³-hybridized carbons (Fsp3) is 0.385. The van der Waals surface area contributed by atoms with E-state index in [0.717, 1.165) is 0 Å². The van der Waals surface area contributed by atoms with Crippen molar-refractivity contribution in [1.29, 1.82) is 0 Å². The molecule has 108 valence electrons. The molecule has 7 heteroatoms. The number of carbonyl (C=O) groups excluding carboxylic acids is 2. The van der Waals surface area contributed by atoms with Gasteiger partial charge in [-0.15, -0.1) is 0 Å². The summed E-state index contributed by atoms with van der Waals surface area (Å²) >= 11 is 0. The lowest BCUT2D eigenvalue weighted by atomic mass is 10.0. The van der Waals surface area contributed by atoms with Crippen LogP contribution in [0.4, 0.5) is 5.69 Å². The number of benzene rings is 1. The van der Waals surface area contributed by atoms with Crippen LogP contribution in [-0.2, 0) is 20.7 Å². The lowest BCUT2D eigenvalue weighted by Gasteiger charge is -2.17. The summed E-state index contributed by atoms with van der Waals surface area (Å²) in [6.45, 7) is 2.57. The number of amides is 1. The van der Waals surface area contributed by atoms with Crippen LogP contribution >= 0.6 is 0 Å². The van der Waals surface area contributed by atoms with Crippen LogP contribution in [0.15, 0.2) is 24.3 Å². The Bertz CT molecular complexity index is 515. The van der Waals surface area contributed by atoms with E-state index in [1.165, 1.54) is 19.9 Å². The molecule has 0 saturated heterocycles. The molecule has 0 bridgehead atoms. The highest BCUT2D eigenvalue weighted by Crippen LogP contribution is 2.19. The number of carbonyl (C=O) groups is 2. The molecule has 1 unspecified atom stereocenters. The van der Waals surface area contributed by atoms with E-state index in [1.54, 1.807) is 18.2 Å². The van der Waals surface area contributed by atoms with E-state index in [2.05, 4.69) is 5.32 Å². The van der Waals surface area contributed by atoms with Crippen molar-refractivity contribution >= 4 is 17.6 Å². The molecule has 0 aromatic heterocycles. The third kappa shape index (κ3) is 5.05. The van der Waals surface area contributed by atoms with Gasteiger partial charge in [-0.2, -0.15) is 0 Å². The number of nitrogens with one attached hydrogen (secondary N) is 1. The average molecular weight is 280 g/mol. The summed E-state index contributed by atoms with van der Waals surface area (Å²) in [6.07, 6.45) is 0.212. The molecule has 0 aliphatic carbocycles. The summed E-state index contributed by atoms with van der Waals surface area (Å²) in [7, 11) is 0. The van der Waals surface area contributed by atoms with Gasteiger partial charge >= 0.3 is 5.97 Å². The van der Waals surface area contributed by atoms with E-state index in [0.29, 0.717) is 5.56 Å². The predicted molar refractivity (Wildman–Crippen MR) is 71.0 cm³/mol. The predicted octanol–water partition coefficient (Wildman–Crippen LogP) is 1.21. The van der Waals surface area contributed by atoms with E-state index < -0.39 is 16.9 Å². The minimum absolute atomic E-state index is 0.0225. The van der Waals surface area contributed by atoms with Gasteiger partial charge in [0.25, 0.3) is 5.69 Å². The average Bonchev–Trinajstić information content (AvgIpc) is 2.35. The van der Waals surface area contributed by atoms with E-state index >= 15 is 0 Å². The zero-order chi connectivity index (χ0) is 15.1. The molecule has 1 rings (SSSR count). The molecule has 0 aliphatic heterocycles. The summed E-state index contributed by atoms with van der Waals surface area (Å²) in [5.74, 6) is -0.761. The zero-order valence-electron chi connectivity index (χ0n) is 11.3. The molecule has 0 heterocycles. The molecule has 0 fully saturated rings. The number of ether oxygens (including phenoxy) is 1. The molecule has 7 nitrogen and oxygen atoms in total. The quantitative estimate of drug-likeness (QED) is 0.479. The van der Waals surface area contributed by atoms with E-state index in [4.69, 9.17) is 4.74 Å². The largest absolute Gasteiger partial charge is 0.464 e. The number of nitrogens with zero attached hydrogens (tertiary/aromatic N) is 1. The van der Waals surface area contributed by atoms with Gasteiger partial charge in [0.1, 0.15) is 6.61 Å². The van der Waals surface area contributed by atoms with Crippen molar-refractivity contribution in [2.24, 2.45) is 0 Å². The first-order valence-corrected chi connectivity index (χ1v) is 6.03. The van der Waals surface area contributed by atoms with Crippen LogP contribution in [0.5, 0.6) is 0 Å². The first kappa shape index (κ1) is 15.6. The third-order valence-electron chi connectivity index (χ3n) is 2.55. The second-order valence-electron chi connectivity index (χ2n) is 4.29. The maximum Gasteiger partial charge on any atom is 0.302 e. The zero-order valence-corrected chi connectivity index (χ0v) is 11.3. The molecular formula is C13H16N2O5. The van der Waals surface area contributed by atoms with Crippen LogP contribution in [0.2, 0.25) is 0 Å². The van der Waals surface area contributed by atoms with Gasteiger partial charge in [-0.25, -0.2) is 0 Å².